The summed E-state index contributed by atoms with van der Waals surface area (Å²) in [6.45, 7) is -0.641. The summed E-state index contributed by atoms with van der Waals surface area (Å²) >= 11 is 0. The van der Waals surface area contributed by atoms with Crippen LogP contribution in [0.1, 0.15) is 0 Å². The topological polar surface area (TPSA) is 190 Å². The molecule has 1 saturated heterocycles. The molecule has 170 valence electrons. The Bertz CT molecular complexity index is 1200. The maximum atomic E-state index is 12.9. The summed E-state index contributed by atoms with van der Waals surface area (Å²) in [5.41, 5.74) is -0.419. The number of hydrogen-bond donors (Lipinski definition) is 7. The molecule has 4 rings (SSSR count). The predicted molar refractivity (Wildman–Crippen MR) is 107 cm³/mol. The van der Waals surface area contributed by atoms with Crippen molar-refractivity contribution in [1.29, 1.82) is 0 Å². The first-order chi connectivity index (χ1) is 15.2. The molecule has 0 radical (unpaired) electrons. The third kappa shape index (κ3) is 3.72. The van der Waals surface area contributed by atoms with E-state index in [9.17, 15) is 40.5 Å². The molecule has 1 fully saturated rings. The van der Waals surface area contributed by atoms with Gasteiger partial charge in [-0.15, -0.1) is 0 Å². The van der Waals surface area contributed by atoms with E-state index in [0.29, 0.717) is 0 Å². The molecule has 1 aromatic heterocycles. The highest BCUT2D eigenvalue weighted by Crippen LogP contribution is 2.34. The first kappa shape index (κ1) is 21.9. The molecule has 0 aliphatic carbocycles. The van der Waals surface area contributed by atoms with E-state index in [1.165, 1.54) is 24.3 Å². The van der Waals surface area contributed by atoms with Crippen molar-refractivity contribution in [2.45, 2.75) is 30.7 Å². The number of benzene rings is 2. The number of aliphatic hydroxyl groups is 4. The van der Waals surface area contributed by atoms with Gasteiger partial charge in [0.2, 0.25) is 11.7 Å². The van der Waals surface area contributed by atoms with Crippen LogP contribution in [0.2, 0.25) is 0 Å². The molecule has 2 aromatic carbocycles. The largest absolute Gasteiger partial charge is 0.507 e. The molecule has 11 nitrogen and oxygen atoms in total. The van der Waals surface area contributed by atoms with Crippen LogP contribution in [-0.2, 0) is 4.74 Å². The van der Waals surface area contributed by atoms with Crippen molar-refractivity contribution in [3.05, 3.63) is 46.8 Å². The Kier molecular flexibility index (Phi) is 5.67. The van der Waals surface area contributed by atoms with Crippen LogP contribution in [-0.4, -0.2) is 73.1 Å². The Balaban J connectivity index is 1.69. The lowest BCUT2D eigenvalue weighted by Gasteiger charge is -2.39. The minimum atomic E-state index is -1.66. The standard InChI is InChI=1S/C21H20O11/c22-6-15-18(27)19(28)20(29)21(32-15)31-9-4-13(25)16-14(5-9)30-7-10(17(16)26)8-1-2-11(23)12(24)3-8/h1-5,7,15,18-25,27-29H,6H2/t15-,18+,19+,20-,21-/m1/s1. The van der Waals surface area contributed by atoms with Gasteiger partial charge in [0.15, 0.2) is 11.5 Å². The van der Waals surface area contributed by atoms with Crippen molar-refractivity contribution in [3.8, 4) is 34.1 Å². The number of phenols is 3. The van der Waals surface area contributed by atoms with Crippen LogP contribution in [0.4, 0.5) is 0 Å². The second kappa shape index (κ2) is 8.30. The summed E-state index contributed by atoms with van der Waals surface area (Å²) < 4.78 is 16.2. The highest BCUT2D eigenvalue weighted by atomic mass is 16.7. The fraction of sp³-hybridized carbons (Fsp3) is 0.286. The molecule has 2 heterocycles. The molecule has 5 atom stereocenters. The Morgan fingerprint density at radius 2 is 1.66 bits per heavy atom. The number of hydrogen-bond acceptors (Lipinski definition) is 11. The van der Waals surface area contributed by atoms with Crippen molar-refractivity contribution in [3.63, 3.8) is 0 Å². The molecular formula is C21H20O11. The number of fused-ring (bicyclic) bond motifs is 1. The van der Waals surface area contributed by atoms with Gasteiger partial charge in [0.05, 0.1) is 12.2 Å². The van der Waals surface area contributed by atoms with Crippen LogP contribution in [0.3, 0.4) is 0 Å². The van der Waals surface area contributed by atoms with Gasteiger partial charge in [0.1, 0.15) is 53.1 Å². The molecule has 0 saturated carbocycles. The van der Waals surface area contributed by atoms with Crippen LogP contribution in [0.25, 0.3) is 22.1 Å². The van der Waals surface area contributed by atoms with E-state index in [-0.39, 0.29) is 33.6 Å². The van der Waals surface area contributed by atoms with Crippen molar-refractivity contribution in [2.24, 2.45) is 0 Å². The van der Waals surface area contributed by atoms with Gasteiger partial charge in [0, 0.05) is 12.1 Å². The second-order valence-electron chi connectivity index (χ2n) is 7.31. The molecule has 0 spiro atoms. The zero-order valence-corrected chi connectivity index (χ0v) is 16.3. The first-order valence-corrected chi connectivity index (χ1v) is 9.49. The van der Waals surface area contributed by atoms with Crippen molar-refractivity contribution < 1.29 is 49.6 Å². The average Bonchev–Trinajstić information content (AvgIpc) is 2.76. The number of aliphatic hydroxyl groups excluding tert-OH is 4. The summed E-state index contributed by atoms with van der Waals surface area (Å²) in [7, 11) is 0. The monoisotopic (exact) mass is 448 g/mol. The van der Waals surface area contributed by atoms with Gasteiger partial charge in [-0.3, -0.25) is 4.79 Å². The van der Waals surface area contributed by atoms with Gasteiger partial charge in [0.25, 0.3) is 0 Å². The van der Waals surface area contributed by atoms with Crippen LogP contribution in [0.15, 0.2) is 45.8 Å². The Hall–Kier alpha value is -3.35. The SMILES string of the molecule is O=c1c(-c2ccc(O)c(O)c2)coc2cc(O[C@@H]3O[C@H](CO)[C@H](O)[C@H](O)[C@H]3O)cc(O)c12. The van der Waals surface area contributed by atoms with Crippen molar-refractivity contribution in [1.82, 2.24) is 0 Å². The maximum Gasteiger partial charge on any atom is 0.229 e. The van der Waals surface area contributed by atoms with Gasteiger partial charge in [-0.2, -0.15) is 0 Å². The van der Waals surface area contributed by atoms with Gasteiger partial charge in [-0.05, 0) is 17.7 Å². The zero-order valence-electron chi connectivity index (χ0n) is 16.3. The van der Waals surface area contributed by atoms with Crippen LogP contribution in [0, 0.1) is 0 Å². The lowest BCUT2D eigenvalue weighted by molar-refractivity contribution is -0.277. The average molecular weight is 448 g/mol. The fourth-order valence-electron chi connectivity index (χ4n) is 3.46. The third-order valence-electron chi connectivity index (χ3n) is 5.22. The van der Waals surface area contributed by atoms with Gasteiger partial charge >= 0.3 is 0 Å². The molecule has 0 amide bonds. The lowest BCUT2D eigenvalue weighted by Crippen LogP contribution is -2.60. The summed E-state index contributed by atoms with van der Waals surface area (Å²) in [6, 6.07) is 6.07. The normalized spacial score (nSPS) is 25.7. The van der Waals surface area contributed by atoms with Crippen molar-refractivity contribution >= 4 is 11.0 Å². The third-order valence-corrected chi connectivity index (χ3v) is 5.22. The van der Waals surface area contributed by atoms with Crippen LogP contribution in [0.5, 0.6) is 23.0 Å². The molecule has 7 N–H and O–H groups in total. The van der Waals surface area contributed by atoms with E-state index in [1.54, 1.807) is 0 Å². The van der Waals surface area contributed by atoms with Crippen LogP contribution < -0.4 is 10.2 Å². The highest BCUT2D eigenvalue weighted by Gasteiger charge is 2.44. The number of rotatable bonds is 4. The van der Waals surface area contributed by atoms with E-state index >= 15 is 0 Å². The number of phenolic OH excluding ortho intramolecular Hbond substituents is 3. The molecule has 1 aliphatic heterocycles. The van der Waals surface area contributed by atoms with E-state index in [0.717, 1.165) is 12.3 Å². The minimum Gasteiger partial charge on any atom is -0.507 e. The number of aromatic hydroxyl groups is 3. The molecule has 0 bridgehead atoms. The lowest BCUT2D eigenvalue weighted by atomic mass is 9.99. The summed E-state index contributed by atoms with van der Waals surface area (Å²) in [6.07, 6.45) is -6.45. The fourth-order valence-corrected chi connectivity index (χ4v) is 3.46. The van der Waals surface area contributed by atoms with Gasteiger partial charge < -0.3 is 49.6 Å². The minimum absolute atomic E-state index is 0.0192. The molecule has 11 heteroatoms. The van der Waals surface area contributed by atoms with Crippen LogP contribution >= 0.6 is 0 Å². The Morgan fingerprint density at radius 1 is 0.906 bits per heavy atom. The Labute approximate surface area is 179 Å². The van der Waals surface area contributed by atoms with E-state index in [4.69, 9.17) is 13.9 Å². The highest BCUT2D eigenvalue weighted by molar-refractivity contribution is 5.88. The summed E-state index contributed by atoms with van der Waals surface area (Å²) in [5.74, 6) is -1.40. The molecule has 3 aromatic rings. The predicted octanol–water partition coefficient (Wildman–Crippen LogP) is -0.245. The molecule has 32 heavy (non-hydrogen) atoms. The first-order valence-electron chi connectivity index (χ1n) is 9.49. The molecule has 0 unspecified atom stereocenters. The van der Waals surface area contributed by atoms with E-state index in [1.807, 2.05) is 0 Å². The Morgan fingerprint density at radius 3 is 2.34 bits per heavy atom. The zero-order chi connectivity index (χ0) is 23.2. The number of ether oxygens (including phenoxy) is 2. The quantitative estimate of drug-likeness (QED) is 0.261. The summed E-state index contributed by atoms with van der Waals surface area (Å²) in [5, 5.41) is 68.4. The van der Waals surface area contributed by atoms with Gasteiger partial charge in [-0.1, -0.05) is 6.07 Å². The van der Waals surface area contributed by atoms with E-state index < -0.39 is 54.2 Å². The smallest absolute Gasteiger partial charge is 0.229 e. The molecular weight excluding hydrogens is 428 g/mol. The summed E-state index contributed by atoms with van der Waals surface area (Å²) in [4.78, 5) is 12.9. The second-order valence-corrected chi connectivity index (χ2v) is 7.31. The maximum absolute atomic E-state index is 12.9. The van der Waals surface area contributed by atoms with Crippen molar-refractivity contribution in [2.75, 3.05) is 6.61 Å². The van der Waals surface area contributed by atoms with E-state index in [2.05, 4.69) is 0 Å². The molecule has 1 aliphatic rings. The van der Waals surface area contributed by atoms with Gasteiger partial charge in [-0.25, -0.2) is 0 Å².